The molecule has 3 heterocycles. The lowest BCUT2D eigenvalue weighted by Crippen LogP contribution is -2.09. The minimum Gasteiger partial charge on any atom is -0.313 e. The minimum absolute atomic E-state index is 0.227. The third-order valence-corrected chi connectivity index (χ3v) is 14.9. The number of fused-ring (bicyclic) bond motifs is 6. The predicted molar refractivity (Wildman–Crippen MR) is 303 cm³/mol. The van der Waals surface area contributed by atoms with Gasteiger partial charge in [-0.15, -0.1) is 10.2 Å². The Hall–Kier alpha value is -9.32. The monoisotopic (exact) mass is 935 g/mol. The van der Waals surface area contributed by atoms with Crippen LogP contribution in [0.5, 0.6) is 0 Å². The highest BCUT2D eigenvalue weighted by atomic mass is 15.3. The van der Waals surface area contributed by atoms with Gasteiger partial charge in [0, 0.05) is 55.7 Å². The van der Waals surface area contributed by atoms with Crippen molar-refractivity contribution in [2.75, 3.05) is 0 Å². The van der Waals surface area contributed by atoms with Crippen molar-refractivity contribution in [3.8, 4) is 56.4 Å². The summed E-state index contributed by atoms with van der Waals surface area (Å²) in [6.07, 6.45) is 14.9. The molecule has 0 amide bonds. The van der Waals surface area contributed by atoms with Crippen LogP contribution in [0.1, 0.15) is 30.7 Å². The van der Waals surface area contributed by atoms with E-state index in [-0.39, 0.29) is 5.92 Å². The lowest BCUT2D eigenvalue weighted by atomic mass is 9.84. The Morgan fingerprint density at radius 3 is 1.48 bits per heavy atom. The highest BCUT2D eigenvalue weighted by Gasteiger charge is 2.25. The Kier molecular flexibility index (Phi) is 10.4. The van der Waals surface area contributed by atoms with Crippen LogP contribution in [0.4, 0.5) is 0 Å². The highest BCUT2D eigenvalue weighted by molar-refractivity contribution is 6.12. The quantitative estimate of drug-likeness (QED) is 0.145. The van der Waals surface area contributed by atoms with Gasteiger partial charge in [0.25, 0.3) is 0 Å². The van der Waals surface area contributed by atoms with Crippen LogP contribution in [0.2, 0.25) is 0 Å². The Morgan fingerprint density at radius 1 is 0.370 bits per heavy atom. The molecule has 0 N–H and O–H groups in total. The molecule has 5 heteroatoms. The first-order valence-corrected chi connectivity index (χ1v) is 25.4. The van der Waals surface area contributed by atoms with E-state index >= 15 is 0 Å². The predicted octanol–water partition coefficient (Wildman–Crippen LogP) is 17.4. The van der Waals surface area contributed by atoms with Gasteiger partial charge in [0.2, 0.25) is 0 Å². The summed E-state index contributed by atoms with van der Waals surface area (Å²) < 4.78 is 7.17. The van der Waals surface area contributed by atoms with Crippen molar-refractivity contribution in [1.82, 2.24) is 23.9 Å². The second-order valence-corrected chi connectivity index (χ2v) is 19.3. The molecule has 5 nitrogen and oxygen atoms in total. The van der Waals surface area contributed by atoms with Gasteiger partial charge in [-0.1, -0.05) is 194 Å². The number of para-hydroxylation sites is 3. The molecular weight excluding hydrogens is 887 g/mol. The van der Waals surface area contributed by atoms with Gasteiger partial charge in [0.1, 0.15) is 0 Å². The van der Waals surface area contributed by atoms with Crippen molar-refractivity contribution in [2.45, 2.75) is 25.2 Å². The van der Waals surface area contributed by atoms with E-state index in [0.717, 1.165) is 81.1 Å². The molecule has 0 saturated heterocycles. The molecule has 0 spiro atoms. The van der Waals surface area contributed by atoms with Crippen LogP contribution in [0.3, 0.4) is 0 Å². The largest absolute Gasteiger partial charge is 0.313 e. The molecule has 0 saturated carbocycles. The fraction of sp³-hybridized carbons (Fsp3) is 0.0588. The molecule has 0 bridgehead atoms. The summed E-state index contributed by atoms with van der Waals surface area (Å²) in [5.74, 6) is 1.78. The average Bonchev–Trinajstić information content (AvgIpc) is 4.17. The number of allylic oxidation sites excluding steroid dienone is 8. The van der Waals surface area contributed by atoms with Gasteiger partial charge in [-0.25, -0.2) is 0 Å². The fourth-order valence-corrected chi connectivity index (χ4v) is 11.5. The zero-order valence-electron chi connectivity index (χ0n) is 40.2. The molecule has 9 aromatic carbocycles. The number of hydrogen-bond acceptors (Lipinski definition) is 2. The summed E-state index contributed by atoms with van der Waals surface area (Å²) >= 11 is 0. The normalized spacial score (nSPS) is 14.7. The van der Waals surface area contributed by atoms with E-state index in [1.165, 1.54) is 60.6 Å². The lowest BCUT2D eigenvalue weighted by molar-refractivity contribution is 0.829. The highest BCUT2D eigenvalue weighted by Crippen LogP contribution is 2.43. The first kappa shape index (κ1) is 42.5. The SMILES string of the molecule is C1=CC(C2=CC(c3ccccc3)CC(n3c4ccccc4c4ccc(-c5nnc(-c6ccc7c8ccccc8n(-c8cc(-c9ccccc9)cc(-c9ccccc9)c8)c7c6)n5-c5ccccc5)cc43)=C2)=CCC1. The molecule has 0 fully saturated rings. The third-order valence-electron chi connectivity index (χ3n) is 14.9. The molecule has 1 unspecified atom stereocenters. The summed E-state index contributed by atoms with van der Waals surface area (Å²) in [5.41, 5.74) is 18.5. The molecular formula is C68H49N5. The van der Waals surface area contributed by atoms with Crippen LogP contribution in [-0.2, 0) is 0 Å². The van der Waals surface area contributed by atoms with E-state index in [1.54, 1.807) is 0 Å². The second-order valence-electron chi connectivity index (χ2n) is 19.3. The van der Waals surface area contributed by atoms with E-state index in [2.05, 4.69) is 269 Å². The van der Waals surface area contributed by atoms with Gasteiger partial charge in [-0.3, -0.25) is 4.57 Å². The van der Waals surface area contributed by atoms with Gasteiger partial charge >= 0.3 is 0 Å². The van der Waals surface area contributed by atoms with Crippen LogP contribution < -0.4 is 0 Å². The molecule has 73 heavy (non-hydrogen) atoms. The van der Waals surface area contributed by atoms with E-state index in [1.807, 2.05) is 0 Å². The van der Waals surface area contributed by atoms with Crippen LogP contribution in [0, 0.1) is 0 Å². The average molecular weight is 936 g/mol. The minimum atomic E-state index is 0.227. The molecule has 1 atom stereocenters. The zero-order chi connectivity index (χ0) is 48.2. The topological polar surface area (TPSA) is 40.6 Å². The van der Waals surface area contributed by atoms with Crippen molar-refractivity contribution in [3.63, 3.8) is 0 Å². The van der Waals surface area contributed by atoms with Crippen LogP contribution in [0.25, 0.3) is 106 Å². The number of nitrogens with zero attached hydrogens (tertiary/aromatic N) is 5. The third kappa shape index (κ3) is 7.48. The Balaban J connectivity index is 0.951. The number of hydrogen-bond donors (Lipinski definition) is 0. The molecule has 12 aromatic rings. The summed E-state index contributed by atoms with van der Waals surface area (Å²) in [7, 11) is 0. The van der Waals surface area contributed by atoms with Crippen molar-refractivity contribution in [1.29, 1.82) is 0 Å². The Morgan fingerprint density at radius 2 is 0.890 bits per heavy atom. The maximum absolute atomic E-state index is 5.12. The first-order valence-electron chi connectivity index (χ1n) is 25.4. The first-order chi connectivity index (χ1) is 36.2. The molecule has 2 aliphatic rings. The number of aromatic nitrogens is 5. The summed E-state index contributed by atoms with van der Waals surface area (Å²) in [6.45, 7) is 0. The van der Waals surface area contributed by atoms with Crippen LogP contribution in [-0.4, -0.2) is 23.9 Å². The Bertz CT molecular complexity index is 4150. The van der Waals surface area contributed by atoms with Crippen molar-refractivity contribution >= 4 is 49.3 Å². The number of benzene rings is 9. The standard InChI is InChI=1S/C68H49N5/c1-6-20-46(21-7-1)52-38-53(47-22-8-2-9-23-47)41-57(40-52)71-63-32-18-16-30-59(63)61-36-34-50(44-65(61)71)67-69-70-68(73(67)56-28-14-5-15-29-56)51-35-37-62-60-31-17-19-33-64(60)72(66(62)45-51)58-42-54(48-24-10-3-11-25-48)39-55(43-58)49-26-12-4-13-27-49/h1-3,5-12,14-41,43-45,54H,4,13,42H2. The lowest BCUT2D eigenvalue weighted by Gasteiger charge is -2.25. The van der Waals surface area contributed by atoms with Gasteiger partial charge < -0.3 is 9.13 Å². The van der Waals surface area contributed by atoms with E-state index in [9.17, 15) is 0 Å². The van der Waals surface area contributed by atoms with Crippen LogP contribution >= 0.6 is 0 Å². The maximum atomic E-state index is 5.12. The summed E-state index contributed by atoms with van der Waals surface area (Å²) in [4.78, 5) is 0. The van der Waals surface area contributed by atoms with Crippen molar-refractivity contribution in [2.24, 2.45) is 0 Å². The van der Waals surface area contributed by atoms with Crippen molar-refractivity contribution in [3.05, 3.63) is 272 Å². The second kappa shape index (κ2) is 17.8. The fourth-order valence-electron chi connectivity index (χ4n) is 11.5. The summed E-state index contributed by atoms with van der Waals surface area (Å²) in [6, 6.07) is 81.1. The molecule has 14 rings (SSSR count). The van der Waals surface area contributed by atoms with Gasteiger partial charge in [-0.2, -0.15) is 0 Å². The molecule has 0 aliphatic heterocycles. The summed E-state index contributed by atoms with van der Waals surface area (Å²) in [5, 5.41) is 15.0. The van der Waals surface area contributed by atoms with E-state index < -0.39 is 0 Å². The van der Waals surface area contributed by atoms with Gasteiger partial charge in [-0.05, 0) is 119 Å². The molecule has 2 aliphatic carbocycles. The molecule has 0 radical (unpaired) electrons. The maximum Gasteiger partial charge on any atom is 0.168 e. The zero-order valence-corrected chi connectivity index (χ0v) is 40.2. The van der Waals surface area contributed by atoms with E-state index in [4.69, 9.17) is 10.2 Å². The van der Waals surface area contributed by atoms with Gasteiger partial charge in [0.15, 0.2) is 11.6 Å². The van der Waals surface area contributed by atoms with Crippen LogP contribution in [0.15, 0.2) is 266 Å². The molecule has 3 aromatic heterocycles. The smallest absolute Gasteiger partial charge is 0.168 e. The molecule has 346 valence electrons. The van der Waals surface area contributed by atoms with Crippen molar-refractivity contribution < 1.29 is 0 Å². The van der Waals surface area contributed by atoms with E-state index in [0.29, 0.717) is 0 Å². The van der Waals surface area contributed by atoms with Gasteiger partial charge in [0.05, 0.1) is 22.1 Å². The number of rotatable bonds is 9. The Labute approximate surface area is 424 Å².